The first-order valence-electron chi connectivity index (χ1n) is 6.40. The highest BCUT2D eigenvalue weighted by Crippen LogP contribution is 2.34. The van der Waals surface area contributed by atoms with Crippen LogP contribution in [0, 0.1) is 5.41 Å². The molecule has 17 heavy (non-hydrogen) atoms. The molecule has 5 heteroatoms. The van der Waals surface area contributed by atoms with Crippen molar-refractivity contribution >= 4 is 16.7 Å². The number of hydrogen-bond donors (Lipinski definition) is 2. The highest BCUT2D eigenvalue weighted by atomic mass is 32.2. The van der Waals surface area contributed by atoms with E-state index in [4.69, 9.17) is 0 Å². The summed E-state index contributed by atoms with van der Waals surface area (Å²) < 4.78 is 11.0. The van der Waals surface area contributed by atoms with Crippen molar-refractivity contribution in [1.29, 1.82) is 0 Å². The first-order valence-corrected chi connectivity index (χ1v) is 8.12. The zero-order valence-electron chi connectivity index (χ0n) is 10.9. The van der Waals surface area contributed by atoms with Crippen LogP contribution in [0.1, 0.15) is 32.6 Å². The minimum atomic E-state index is -0.831. The summed E-state index contributed by atoms with van der Waals surface area (Å²) in [5.41, 5.74) is -0.185. The average Bonchev–Trinajstić information content (AvgIpc) is 2.30. The molecule has 1 atom stereocenters. The molecule has 0 aromatic rings. The Morgan fingerprint density at radius 3 is 2.59 bits per heavy atom. The predicted molar refractivity (Wildman–Crippen MR) is 71.4 cm³/mol. The second-order valence-electron chi connectivity index (χ2n) is 4.81. The van der Waals surface area contributed by atoms with Crippen LogP contribution in [0.25, 0.3) is 0 Å². The van der Waals surface area contributed by atoms with Crippen LogP contribution in [0.4, 0.5) is 0 Å². The molecule has 0 radical (unpaired) electrons. The maximum atomic E-state index is 12.3. The molecule has 1 fully saturated rings. The number of nitrogens with one attached hydrogen (secondary N) is 2. The number of piperidine rings is 1. The lowest BCUT2D eigenvalue weighted by atomic mass is 9.74. The van der Waals surface area contributed by atoms with E-state index in [1.54, 1.807) is 6.26 Å². The molecule has 100 valence electrons. The van der Waals surface area contributed by atoms with E-state index in [0.29, 0.717) is 12.3 Å². The summed E-state index contributed by atoms with van der Waals surface area (Å²) in [5.74, 6) is 0.706. The average molecular weight is 260 g/mol. The van der Waals surface area contributed by atoms with Gasteiger partial charge in [-0.1, -0.05) is 13.3 Å². The SMILES string of the molecule is CCCC1(C(=O)NCCS(C)=O)CCNCC1. The Hall–Kier alpha value is -0.420. The van der Waals surface area contributed by atoms with Crippen LogP contribution in [-0.2, 0) is 15.6 Å². The van der Waals surface area contributed by atoms with Crippen LogP contribution in [0.15, 0.2) is 0 Å². The van der Waals surface area contributed by atoms with Crippen molar-refractivity contribution in [2.75, 3.05) is 31.6 Å². The normalized spacial score (nSPS) is 20.8. The van der Waals surface area contributed by atoms with Crippen LogP contribution >= 0.6 is 0 Å². The van der Waals surface area contributed by atoms with Crippen molar-refractivity contribution in [3.63, 3.8) is 0 Å². The fourth-order valence-electron chi connectivity index (χ4n) is 2.47. The smallest absolute Gasteiger partial charge is 0.226 e. The largest absolute Gasteiger partial charge is 0.355 e. The Kier molecular flexibility index (Phi) is 6.12. The van der Waals surface area contributed by atoms with E-state index in [1.807, 2.05) is 0 Å². The lowest BCUT2D eigenvalue weighted by molar-refractivity contribution is -0.133. The molecular weight excluding hydrogens is 236 g/mol. The Morgan fingerprint density at radius 1 is 1.41 bits per heavy atom. The van der Waals surface area contributed by atoms with E-state index in [0.717, 1.165) is 38.8 Å². The summed E-state index contributed by atoms with van der Waals surface area (Å²) >= 11 is 0. The van der Waals surface area contributed by atoms with Crippen LogP contribution in [0.5, 0.6) is 0 Å². The van der Waals surface area contributed by atoms with Gasteiger partial charge in [0.2, 0.25) is 5.91 Å². The molecular formula is C12H24N2O2S. The Balaban J connectivity index is 2.50. The highest BCUT2D eigenvalue weighted by molar-refractivity contribution is 7.84. The van der Waals surface area contributed by atoms with Crippen molar-refractivity contribution in [3.05, 3.63) is 0 Å². The first kappa shape index (κ1) is 14.6. The van der Waals surface area contributed by atoms with Gasteiger partial charge in [0, 0.05) is 29.4 Å². The van der Waals surface area contributed by atoms with Gasteiger partial charge in [-0.05, 0) is 32.4 Å². The third-order valence-corrected chi connectivity index (χ3v) is 4.23. The Bertz CT molecular complexity index is 270. The third kappa shape index (κ3) is 4.39. The maximum Gasteiger partial charge on any atom is 0.226 e. The highest BCUT2D eigenvalue weighted by Gasteiger charge is 2.38. The zero-order valence-corrected chi connectivity index (χ0v) is 11.7. The molecule has 0 bridgehead atoms. The summed E-state index contributed by atoms with van der Waals surface area (Å²) in [7, 11) is -0.831. The van der Waals surface area contributed by atoms with Crippen molar-refractivity contribution in [3.8, 4) is 0 Å². The van der Waals surface area contributed by atoms with Gasteiger partial charge in [-0.3, -0.25) is 9.00 Å². The van der Waals surface area contributed by atoms with Gasteiger partial charge in [0.05, 0.1) is 5.41 Å². The van der Waals surface area contributed by atoms with Gasteiger partial charge in [0.1, 0.15) is 0 Å². The molecule has 1 aliphatic heterocycles. The van der Waals surface area contributed by atoms with Gasteiger partial charge >= 0.3 is 0 Å². The van der Waals surface area contributed by atoms with E-state index in [2.05, 4.69) is 17.6 Å². The monoisotopic (exact) mass is 260 g/mol. The van der Waals surface area contributed by atoms with Gasteiger partial charge in [0.25, 0.3) is 0 Å². The fraction of sp³-hybridized carbons (Fsp3) is 0.917. The molecule has 1 rings (SSSR count). The molecule has 1 aliphatic rings. The second kappa shape index (κ2) is 7.11. The summed E-state index contributed by atoms with van der Waals surface area (Å²) in [4.78, 5) is 12.3. The molecule has 1 amide bonds. The summed E-state index contributed by atoms with van der Waals surface area (Å²) in [5, 5.41) is 6.25. The molecule has 0 aromatic carbocycles. The van der Waals surface area contributed by atoms with E-state index in [1.165, 1.54) is 0 Å². The molecule has 0 saturated carbocycles. The Morgan fingerprint density at radius 2 is 2.06 bits per heavy atom. The van der Waals surface area contributed by atoms with Crippen LogP contribution in [0.2, 0.25) is 0 Å². The number of rotatable bonds is 6. The van der Waals surface area contributed by atoms with Crippen LogP contribution in [0.3, 0.4) is 0 Å². The zero-order chi connectivity index (χ0) is 12.7. The topological polar surface area (TPSA) is 58.2 Å². The van der Waals surface area contributed by atoms with Gasteiger partial charge < -0.3 is 10.6 Å². The molecule has 1 unspecified atom stereocenters. The maximum absolute atomic E-state index is 12.3. The van der Waals surface area contributed by atoms with Crippen molar-refractivity contribution < 1.29 is 9.00 Å². The van der Waals surface area contributed by atoms with Gasteiger partial charge in [0.15, 0.2) is 0 Å². The third-order valence-electron chi connectivity index (χ3n) is 3.45. The van der Waals surface area contributed by atoms with E-state index < -0.39 is 10.8 Å². The summed E-state index contributed by atoms with van der Waals surface area (Å²) in [6.45, 7) is 4.50. The lowest BCUT2D eigenvalue weighted by Crippen LogP contribution is -2.48. The van der Waals surface area contributed by atoms with Crippen LogP contribution < -0.4 is 10.6 Å². The van der Waals surface area contributed by atoms with Gasteiger partial charge in [-0.25, -0.2) is 0 Å². The van der Waals surface area contributed by atoms with Crippen molar-refractivity contribution in [2.24, 2.45) is 5.41 Å². The molecule has 1 saturated heterocycles. The minimum Gasteiger partial charge on any atom is -0.355 e. The van der Waals surface area contributed by atoms with Crippen molar-refractivity contribution in [2.45, 2.75) is 32.6 Å². The van der Waals surface area contributed by atoms with Gasteiger partial charge in [-0.15, -0.1) is 0 Å². The standard InChI is InChI=1S/C12H24N2O2S/c1-3-4-12(5-7-13-8-6-12)11(15)14-9-10-17(2)16/h13H,3-10H2,1-2H3,(H,14,15). The second-order valence-corrected chi connectivity index (χ2v) is 6.37. The molecule has 0 aliphatic carbocycles. The Labute approximate surface area is 106 Å². The first-order chi connectivity index (χ1) is 8.10. The number of amides is 1. The molecule has 0 spiro atoms. The van der Waals surface area contributed by atoms with E-state index >= 15 is 0 Å². The molecule has 2 N–H and O–H groups in total. The molecule has 4 nitrogen and oxygen atoms in total. The molecule has 0 aromatic heterocycles. The van der Waals surface area contributed by atoms with E-state index in [-0.39, 0.29) is 11.3 Å². The van der Waals surface area contributed by atoms with Crippen LogP contribution in [-0.4, -0.2) is 41.8 Å². The number of carbonyl (C=O) groups is 1. The fourth-order valence-corrected chi connectivity index (χ4v) is 2.86. The van der Waals surface area contributed by atoms with E-state index in [9.17, 15) is 9.00 Å². The number of hydrogen-bond acceptors (Lipinski definition) is 3. The van der Waals surface area contributed by atoms with Crippen molar-refractivity contribution in [1.82, 2.24) is 10.6 Å². The summed E-state index contributed by atoms with van der Waals surface area (Å²) in [6, 6.07) is 0. The quantitative estimate of drug-likeness (QED) is 0.737. The predicted octanol–water partition coefficient (Wildman–Crippen LogP) is 0.651. The summed E-state index contributed by atoms with van der Waals surface area (Å²) in [6.07, 6.45) is 5.49. The number of carbonyl (C=O) groups excluding carboxylic acids is 1. The van der Waals surface area contributed by atoms with Gasteiger partial charge in [-0.2, -0.15) is 0 Å². The molecule has 1 heterocycles. The lowest BCUT2D eigenvalue weighted by Gasteiger charge is -2.36. The minimum absolute atomic E-state index is 0.159.